The molecule has 8 heteroatoms. The molecule has 0 saturated carbocycles. The van der Waals surface area contributed by atoms with Gasteiger partial charge in [-0.05, 0) is 55.8 Å². The molecule has 0 spiro atoms. The van der Waals surface area contributed by atoms with E-state index in [1.54, 1.807) is 17.9 Å². The second kappa shape index (κ2) is 7.95. The zero-order chi connectivity index (χ0) is 21.3. The molecule has 1 atom stereocenters. The first-order chi connectivity index (χ1) is 14.3. The van der Waals surface area contributed by atoms with Crippen LogP contribution in [0.15, 0.2) is 54.6 Å². The van der Waals surface area contributed by atoms with E-state index in [1.807, 2.05) is 55.5 Å². The summed E-state index contributed by atoms with van der Waals surface area (Å²) in [6, 6.07) is 16.3. The summed E-state index contributed by atoms with van der Waals surface area (Å²) in [6.45, 7) is 1.98. The number of hydrogen-bond donors (Lipinski definition) is 1. The molecule has 1 aromatic heterocycles. The molecule has 1 N–H and O–H groups in total. The maximum atomic E-state index is 12.8. The molecule has 0 unspecified atom stereocenters. The monoisotopic (exact) mass is 425 g/mol. The molecule has 1 saturated heterocycles. The van der Waals surface area contributed by atoms with E-state index in [-0.39, 0.29) is 29.1 Å². The fourth-order valence-electron chi connectivity index (χ4n) is 3.56. The number of anilines is 1. The summed E-state index contributed by atoms with van der Waals surface area (Å²) in [7, 11) is -1.50. The molecule has 1 aliphatic heterocycles. The molecule has 7 nitrogen and oxygen atoms in total. The molecule has 156 valence electrons. The van der Waals surface area contributed by atoms with Crippen molar-refractivity contribution in [3.63, 3.8) is 0 Å². The molecule has 1 fully saturated rings. The van der Waals surface area contributed by atoms with Crippen molar-refractivity contribution in [2.75, 3.05) is 23.9 Å². The van der Waals surface area contributed by atoms with Crippen molar-refractivity contribution in [3.8, 4) is 17.0 Å². The summed E-state index contributed by atoms with van der Waals surface area (Å²) in [5, 5.41) is 7.35. The van der Waals surface area contributed by atoms with E-state index in [0.29, 0.717) is 23.6 Å². The number of aromatic nitrogens is 2. The number of benzene rings is 2. The normalized spacial score (nSPS) is 17.6. The molecule has 4 rings (SSSR count). The van der Waals surface area contributed by atoms with E-state index in [9.17, 15) is 13.2 Å². The highest BCUT2D eigenvalue weighted by Crippen LogP contribution is 2.31. The Bertz CT molecular complexity index is 1170. The highest BCUT2D eigenvalue weighted by atomic mass is 32.2. The number of amides is 1. The summed E-state index contributed by atoms with van der Waals surface area (Å²) in [5.41, 5.74) is 3.55. The number of methoxy groups -OCH3 is 1. The van der Waals surface area contributed by atoms with Gasteiger partial charge in [-0.2, -0.15) is 5.10 Å². The maximum absolute atomic E-state index is 12.8. The highest BCUT2D eigenvalue weighted by Gasteiger charge is 2.32. The largest absolute Gasteiger partial charge is 0.497 e. The van der Waals surface area contributed by atoms with Crippen molar-refractivity contribution >= 4 is 21.4 Å². The molecule has 2 aromatic carbocycles. The summed E-state index contributed by atoms with van der Waals surface area (Å²) < 4.78 is 30.9. The first-order valence-electron chi connectivity index (χ1n) is 9.67. The summed E-state index contributed by atoms with van der Waals surface area (Å²) in [4.78, 5) is 12.8. The van der Waals surface area contributed by atoms with Crippen LogP contribution in [0.25, 0.3) is 11.3 Å². The van der Waals surface area contributed by atoms with Crippen LogP contribution in [-0.4, -0.2) is 42.7 Å². The maximum Gasteiger partial charge on any atom is 0.276 e. The lowest BCUT2D eigenvalue weighted by atomic mass is 10.1. The quantitative estimate of drug-likeness (QED) is 0.676. The minimum absolute atomic E-state index is 0.0247. The lowest BCUT2D eigenvalue weighted by Crippen LogP contribution is -2.16. The third kappa shape index (κ3) is 4.23. The number of sulfone groups is 1. The Morgan fingerprint density at radius 1 is 1.13 bits per heavy atom. The van der Waals surface area contributed by atoms with Crippen LogP contribution in [-0.2, 0) is 9.84 Å². The Labute approximate surface area is 175 Å². The summed E-state index contributed by atoms with van der Waals surface area (Å²) >= 11 is 0. The van der Waals surface area contributed by atoms with E-state index in [1.165, 1.54) is 0 Å². The van der Waals surface area contributed by atoms with Crippen LogP contribution in [0.4, 0.5) is 5.69 Å². The number of carbonyl (C=O) groups is 1. The fraction of sp³-hybridized carbons (Fsp3) is 0.273. The Kier molecular flexibility index (Phi) is 5.34. The van der Waals surface area contributed by atoms with Crippen LogP contribution < -0.4 is 10.1 Å². The number of rotatable bonds is 5. The third-order valence-corrected chi connectivity index (χ3v) is 6.97. The van der Waals surface area contributed by atoms with E-state index >= 15 is 0 Å². The molecule has 0 radical (unpaired) electrons. The smallest absolute Gasteiger partial charge is 0.276 e. The van der Waals surface area contributed by atoms with Gasteiger partial charge in [0.1, 0.15) is 5.75 Å². The predicted octanol–water partition coefficient (Wildman–Crippen LogP) is 3.48. The Morgan fingerprint density at radius 2 is 1.83 bits per heavy atom. The van der Waals surface area contributed by atoms with Gasteiger partial charge in [-0.3, -0.25) is 9.48 Å². The molecule has 2 heterocycles. The Morgan fingerprint density at radius 3 is 2.43 bits per heavy atom. The van der Waals surface area contributed by atoms with Gasteiger partial charge in [0.05, 0.1) is 30.4 Å². The first kappa shape index (κ1) is 20.2. The second-order valence-electron chi connectivity index (χ2n) is 7.46. The van der Waals surface area contributed by atoms with Gasteiger partial charge in [0.25, 0.3) is 5.91 Å². The standard InChI is InChI=1S/C22H23N3O4S/c1-15-3-7-17(8-4-15)23-22(26)20-13-21(16-5-9-19(29-2)10-6-16)25(24-20)18-11-12-30(27,28)14-18/h3-10,13,18H,11-12,14H2,1-2H3,(H,23,26)/t18-/m0/s1. The topological polar surface area (TPSA) is 90.3 Å². The van der Waals surface area contributed by atoms with Crippen LogP contribution in [0.3, 0.4) is 0 Å². The van der Waals surface area contributed by atoms with Gasteiger partial charge in [-0.15, -0.1) is 0 Å². The molecule has 30 heavy (non-hydrogen) atoms. The van der Waals surface area contributed by atoms with Gasteiger partial charge in [0, 0.05) is 11.3 Å². The van der Waals surface area contributed by atoms with Gasteiger partial charge in [0.15, 0.2) is 15.5 Å². The fourth-order valence-corrected chi connectivity index (χ4v) is 5.25. The third-order valence-electron chi connectivity index (χ3n) is 5.22. The number of nitrogens with zero attached hydrogens (tertiary/aromatic N) is 2. The van der Waals surface area contributed by atoms with E-state index in [0.717, 1.165) is 11.1 Å². The van der Waals surface area contributed by atoms with Crippen LogP contribution >= 0.6 is 0 Å². The van der Waals surface area contributed by atoms with E-state index in [4.69, 9.17) is 4.74 Å². The van der Waals surface area contributed by atoms with Crippen molar-refractivity contribution in [2.24, 2.45) is 0 Å². The minimum Gasteiger partial charge on any atom is -0.497 e. The van der Waals surface area contributed by atoms with Crippen molar-refractivity contribution in [3.05, 3.63) is 65.9 Å². The first-order valence-corrected chi connectivity index (χ1v) is 11.5. The number of aryl methyl sites for hydroxylation is 1. The molecule has 0 bridgehead atoms. The molecular weight excluding hydrogens is 402 g/mol. The van der Waals surface area contributed by atoms with Crippen LogP contribution in [0.5, 0.6) is 5.75 Å². The van der Waals surface area contributed by atoms with Gasteiger partial charge < -0.3 is 10.1 Å². The lowest BCUT2D eigenvalue weighted by Gasteiger charge is -2.13. The zero-order valence-electron chi connectivity index (χ0n) is 16.8. The highest BCUT2D eigenvalue weighted by molar-refractivity contribution is 7.91. The average molecular weight is 426 g/mol. The molecule has 3 aromatic rings. The van der Waals surface area contributed by atoms with Crippen molar-refractivity contribution in [1.82, 2.24) is 9.78 Å². The van der Waals surface area contributed by atoms with Crippen molar-refractivity contribution < 1.29 is 17.9 Å². The lowest BCUT2D eigenvalue weighted by molar-refractivity contribution is 0.102. The van der Waals surface area contributed by atoms with Crippen LogP contribution in [0, 0.1) is 6.92 Å². The van der Waals surface area contributed by atoms with Crippen LogP contribution in [0.1, 0.15) is 28.5 Å². The Balaban J connectivity index is 1.69. The zero-order valence-corrected chi connectivity index (χ0v) is 17.6. The number of hydrogen-bond acceptors (Lipinski definition) is 5. The second-order valence-corrected chi connectivity index (χ2v) is 9.69. The molecule has 1 amide bonds. The number of ether oxygens (including phenoxy) is 1. The van der Waals surface area contributed by atoms with E-state index in [2.05, 4.69) is 10.4 Å². The molecule has 0 aliphatic carbocycles. The van der Waals surface area contributed by atoms with Crippen LogP contribution in [0.2, 0.25) is 0 Å². The predicted molar refractivity (Wildman–Crippen MR) is 116 cm³/mol. The SMILES string of the molecule is COc1ccc(-c2cc(C(=O)Nc3ccc(C)cc3)nn2[C@H]2CCS(=O)(=O)C2)cc1. The molecular formula is C22H23N3O4S. The van der Waals surface area contributed by atoms with E-state index < -0.39 is 9.84 Å². The minimum atomic E-state index is -3.10. The van der Waals surface area contributed by atoms with Gasteiger partial charge in [-0.1, -0.05) is 17.7 Å². The molecule has 1 aliphatic rings. The van der Waals surface area contributed by atoms with Gasteiger partial charge in [-0.25, -0.2) is 8.42 Å². The Hall–Kier alpha value is -3.13. The van der Waals surface area contributed by atoms with Crippen molar-refractivity contribution in [2.45, 2.75) is 19.4 Å². The van der Waals surface area contributed by atoms with Crippen molar-refractivity contribution in [1.29, 1.82) is 0 Å². The summed E-state index contributed by atoms with van der Waals surface area (Å²) in [6.07, 6.45) is 0.478. The summed E-state index contributed by atoms with van der Waals surface area (Å²) in [5.74, 6) is 0.528. The number of carbonyl (C=O) groups excluding carboxylic acids is 1. The number of nitrogens with one attached hydrogen (secondary N) is 1. The average Bonchev–Trinajstić information content (AvgIpc) is 3.33. The van der Waals surface area contributed by atoms with Gasteiger partial charge >= 0.3 is 0 Å². The van der Waals surface area contributed by atoms with Gasteiger partial charge in [0.2, 0.25) is 0 Å².